The summed E-state index contributed by atoms with van der Waals surface area (Å²) in [5.74, 6) is 1.03. The average Bonchev–Trinajstić information content (AvgIpc) is 3.26. The first-order chi connectivity index (χ1) is 19.4. The molecule has 0 N–H and O–H groups in total. The molecular formula is C32H30N2O5S. The summed E-state index contributed by atoms with van der Waals surface area (Å²) in [6, 6.07) is 22.4. The molecule has 0 aliphatic carbocycles. The van der Waals surface area contributed by atoms with Crippen LogP contribution >= 0.6 is 11.3 Å². The Bertz CT molecular complexity index is 1770. The van der Waals surface area contributed by atoms with Gasteiger partial charge >= 0.3 is 5.97 Å². The zero-order valence-electron chi connectivity index (χ0n) is 22.8. The Morgan fingerprint density at radius 2 is 1.77 bits per heavy atom. The summed E-state index contributed by atoms with van der Waals surface area (Å²) in [5.41, 5.74) is 4.23. The number of thiazole rings is 1. The number of carbonyl (C=O) groups is 1. The smallest absolute Gasteiger partial charge is 0.338 e. The number of aryl methyl sites for hydroxylation is 1. The number of hydrogen-bond acceptors (Lipinski definition) is 7. The van der Waals surface area contributed by atoms with Gasteiger partial charge in [0.15, 0.2) is 4.80 Å². The van der Waals surface area contributed by atoms with E-state index >= 15 is 0 Å². The molecular weight excluding hydrogens is 524 g/mol. The van der Waals surface area contributed by atoms with Gasteiger partial charge in [-0.05, 0) is 61.7 Å². The Hall–Kier alpha value is -4.43. The zero-order chi connectivity index (χ0) is 28.2. The van der Waals surface area contributed by atoms with Crippen LogP contribution in [-0.2, 0) is 16.1 Å². The molecule has 2 heterocycles. The largest absolute Gasteiger partial charge is 0.496 e. The van der Waals surface area contributed by atoms with Crippen LogP contribution in [0.4, 0.5) is 0 Å². The second kappa shape index (κ2) is 11.8. The minimum absolute atomic E-state index is 0.222. The third kappa shape index (κ3) is 5.35. The van der Waals surface area contributed by atoms with Gasteiger partial charge in [0.05, 0.1) is 35.6 Å². The minimum atomic E-state index is -0.632. The van der Waals surface area contributed by atoms with E-state index in [2.05, 4.69) is 4.99 Å². The highest BCUT2D eigenvalue weighted by Gasteiger charge is 2.33. The van der Waals surface area contributed by atoms with Crippen molar-refractivity contribution in [3.8, 4) is 11.5 Å². The number of esters is 1. The lowest BCUT2D eigenvalue weighted by Crippen LogP contribution is -2.39. The third-order valence-corrected chi connectivity index (χ3v) is 7.69. The van der Waals surface area contributed by atoms with Crippen molar-refractivity contribution in [3.63, 3.8) is 0 Å². The summed E-state index contributed by atoms with van der Waals surface area (Å²) in [6.45, 7) is 6.08. The van der Waals surface area contributed by atoms with Crippen LogP contribution in [0, 0.1) is 6.92 Å². The Morgan fingerprint density at radius 1 is 1.02 bits per heavy atom. The van der Waals surface area contributed by atoms with E-state index < -0.39 is 12.0 Å². The van der Waals surface area contributed by atoms with Gasteiger partial charge in [-0.3, -0.25) is 9.36 Å². The quantitative estimate of drug-likeness (QED) is 0.295. The van der Waals surface area contributed by atoms with Crippen LogP contribution in [-0.4, -0.2) is 24.3 Å². The SMILES string of the molecule is CCOC(=O)C1=C(C)N=c2s/c(=C\c3ccc(OC)c(COc4ccccc4C)c3)c(=O)n2C1c1ccccc1. The number of fused-ring (bicyclic) bond motifs is 1. The number of aromatic nitrogens is 1. The van der Waals surface area contributed by atoms with Crippen LogP contribution < -0.4 is 24.4 Å². The van der Waals surface area contributed by atoms with Crippen LogP contribution in [0.3, 0.4) is 0 Å². The highest BCUT2D eigenvalue weighted by atomic mass is 32.1. The van der Waals surface area contributed by atoms with E-state index in [4.69, 9.17) is 14.2 Å². The average molecular weight is 555 g/mol. The second-order valence-corrected chi connectivity index (χ2v) is 10.3. The van der Waals surface area contributed by atoms with Gasteiger partial charge in [-0.2, -0.15) is 0 Å². The molecule has 0 bridgehead atoms. The standard InChI is InChI=1S/C32H30N2O5S/c1-5-38-31(36)28-21(3)33-32-34(29(28)23-12-7-6-8-13-23)30(35)27(40-32)18-22-15-16-26(37-4)24(17-22)19-39-25-14-10-9-11-20(25)2/h6-18,29H,5,19H2,1-4H3/b27-18-. The van der Waals surface area contributed by atoms with Crippen molar-refractivity contribution in [3.05, 3.63) is 126 Å². The number of nitrogens with zero attached hydrogens (tertiary/aromatic N) is 2. The topological polar surface area (TPSA) is 79.1 Å². The molecule has 1 aliphatic rings. The highest BCUT2D eigenvalue weighted by molar-refractivity contribution is 7.07. The van der Waals surface area contributed by atoms with Crippen molar-refractivity contribution >= 4 is 23.4 Å². The lowest BCUT2D eigenvalue weighted by molar-refractivity contribution is -0.139. The molecule has 0 saturated heterocycles. The molecule has 0 spiro atoms. The first-order valence-electron chi connectivity index (χ1n) is 13.0. The van der Waals surface area contributed by atoms with Gasteiger partial charge in [0.1, 0.15) is 18.1 Å². The fraction of sp³-hybridized carbons (Fsp3) is 0.219. The molecule has 4 aromatic rings. The molecule has 204 valence electrons. The molecule has 7 nitrogen and oxygen atoms in total. The Kier molecular flexibility index (Phi) is 7.98. The maximum Gasteiger partial charge on any atom is 0.338 e. The molecule has 5 rings (SSSR count). The summed E-state index contributed by atoms with van der Waals surface area (Å²) < 4.78 is 19.1. The van der Waals surface area contributed by atoms with E-state index in [-0.39, 0.29) is 12.2 Å². The number of ether oxygens (including phenoxy) is 3. The van der Waals surface area contributed by atoms with Gasteiger partial charge in [-0.25, -0.2) is 9.79 Å². The fourth-order valence-electron chi connectivity index (χ4n) is 4.77. The second-order valence-electron chi connectivity index (χ2n) is 9.34. The molecule has 1 unspecified atom stereocenters. The van der Waals surface area contributed by atoms with Crippen LogP contribution in [0.5, 0.6) is 11.5 Å². The lowest BCUT2D eigenvalue weighted by atomic mass is 9.96. The molecule has 3 aromatic carbocycles. The van der Waals surface area contributed by atoms with Crippen molar-refractivity contribution in [1.29, 1.82) is 0 Å². The minimum Gasteiger partial charge on any atom is -0.496 e. The third-order valence-electron chi connectivity index (χ3n) is 6.71. The molecule has 0 saturated carbocycles. The van der Waals surface area contributed by atoms with Crippen LogP contribution in [0.25, 0.3) is 6.08 Å². The van der Waals surface area contributed by atoms with Crippen LogP contribution in [0.15, 0.2) is 93.9 Å². The van der Waals surface area contributed by atoms with Gasteiger partial charge in [0.2, 0.25) is 0 Å². The lowest BCUT2D eigenvalue weighted by Gasteiger charge is -2.24. The molecule has 1 atom stereocenters. The highest BCUT2D eigenvalue weighted by Crippen LogP contribution is 2.30. The maximum atomic E-state index is 13.8. The van der Waals surface area contributed by atoms with Gasteiger partial charge < -0.3 is 14.2 Å². The molecule has 1 aliphatic heterocycles. The van der Waals surface area contributed by atoms with E-state index in [0.29, 0.717) is 33.0 Å². The summed E-state index contributed by atoms with van der Waals surface area (Å²) in [7, 11) is 1.62. The van der Waals surface area contributed by atoms with Crippen LogP contribution in [0.1, 0.15) is 42.1 Å². The Balaban J connectivity index is 1.57. The fourth-order valence-corrected chi connectivity index (χ4v) is 5.82. The van der Waals surface area contributed by atoms with Gasteiger partial charge in [0, 0.05) is 5.56 Å². The summed E-state index contributed by atoms with van der Waals surface area (Å²) >= 11 is 1.29. The zero-order valence-corrected chi connectivity index (χ0v) is 23.7. The van der Waals surface area contributed by atoms with Crippen molar-refractivity contribution in [1.82, 2.24) is 4.57 Å². The van der Waals surface area contributed by atoms with E-state index in [1.54, 1.807) is 25.5 Å². The van der Waals surface area contributed by atoms with E-state index in [9.17, 15) is 9.59 Å². The predicted molar refractivity (Wildman–Crippen MR) is 155 cm³/mol. The maximum absolute atomic E-state index is 13.8. The Morgan fingerprint density at radius 3 is 2.50 bits per heavy atom. The van der Waals surface area contributed by atoms with Crippen molar-refractivity contribution in [2.45, 2.75) is 33.4 Å². The van der Waals surface area contributed by atoms with Crippen molar-refractivity contribution in [2.75, 3.05) is 13.7 Å². The van der Waals surface area contributed by atoms with E-state index in [1.165, 1.54) is 11.3 Å². The summed E-state index contributed by atoms with van der Waals surface area (Å²) in [6.07, 6.45) is 1.84. The number of allylic oxidation sites excluding steroid dienone is 1. The molecule has 8 heteroatoms. The number of carbonyl (C=O) groups excluding carboxylic acids is 1. The van der Waals surface area contributed by atoms with Gasteiger partial charge in [-0.1, -0.05) is 65.9 Å². The normalized spacial score (nSPS) is 14.9. The van der Waals surface area contributed by atoms with E-state index in [1.807, 2.05) is 85.8 Å². The Labute approximate surface area is 236 Å². The number of hydrogen-bond donors (Lipinski definition) is 0. The molecule has 0 amide bonds. The number of rotatable bonds is 8. The first kappa shape index (κ1) is 27.1. The summed E-state index contributed by atoms with van der Waals surface area (Å²) in [5, 5.41) is 0. The van der Waals surface area contributed by atoms with Crippen LogP contribution in [0.2, 0.25) is 0 Å². The van der Waals surface area contributed by atoms with Crippen molar-refractivity contribution < 1.29 is 19.0 Å². The predicted octanol–water partition coefficient (Wildman–Crippen LogP) is 4.69. The monoisotopic (exact) mass is 554 g/mol. The number of methoxy groups -OCH3 is 1. The number of benzene rings is 3. The van der Waals surface area contributed by atoms with E-state index in [0.717, 1.165) is 28.0 Å². The first-order valence-corrected chi connectivity index (χ1v) is 13.8. The van der Waals surface area contributed by atoms with Gasteiger partial charge in [-0.15, -0.1) is 0 Å². The molecule has 0 fully saturated rings. The number of para-hydroxylation sites is 1. The van der Waals surface area contributed by atoms with Crippen molar-refractivity contribution in [2.24, 2.45) is 4.99 Å². The van der Waals surface area contributed by atoms with Gasteiger partial charge in [0.25, 0.3) is 5.56 Å². The molecule has 40 heavy (non-hydrogen) atoms. The summed E-state index contributed by atoms with van der Waals surface area (Å²) in [4.78, 5) is 32.0. The molecule has 1 aromatic heterocycles. The molecule has 0 radical (unpaired) electrons.